The number of carbonyl (C=O) groups excluding carboxylic acids is 1. The number of hydrogen-bond acceptors (Lipinski definition) is 7. The molecule has 0 saturated heterocycles. The summed E-state index contributed by atoms with van der Waals surface area (Å²) in [7, 11) is 0. The molecule has 24 heavy (non-hydrogen) atoms. The van der Waals surface area contributed by atoms with Crippen LogP contribution in [0.3, 0.4) is 0 Å². The van der Waals surface area contributed by atoms with E-state index in [1.807, 2.05) is 6.92 Å². The van der Waals surface area contributed by atoms with Gasteiger partial charge in [0.1, 0.15) is 0 Å². The number of aryl methyl sites for hydroxylation is 2. The minimum Gasteiger partial charge on any atom is -0.350 e. The van der Waals surface area contributed by atoms with Gasteiger partial charge in [0.05, 0.1) is 24.1 Å². The van der Waals surface area contributed by atoms with E-state index in [0.717, 1.165) is 11.3 Å². The zero-order valence-electron chi connectivity index (χ0n) is 13.1. The molecule has 0 radical (unpaired) electrons. The van der Waals surface area contributed by atoms with Crippen LogP contribution in [0.25, 0.3) is 11.4 Å². The summed E-state index contributed by atoms with van der Waals surface area (Å²) in [6.45, 7) is 2.21. The first-order chi connectivity index (χ1) is 11.7. The first-order valence-electron chi connectivity index (χ1n) is 7.48. The lowest BCUT2D eigenvalue weighted by Gasteiger charge is -2.03. The maximum Gasteiger partial charge on any atom is 0.227 e. The highest BCUT2D eigenvalue weighted by Crippen LogP contribution is 2.14. The summed E-state index contributed by atoms with van der Waals surface area (Å²) in [5.41, 5.74) is 2.38. The predicted molar refractivity (Wildman–Crippen MR) is 84.5 cm³/mol. The molecule has 0 fully saturated rings. The van der Waals surface area contributed by atoms with E-state index >= 15 is 0 Å². The topological polar surface area (TPSA) is 107 Å². The lowest BCUT2D eigenvalue weighted by Crippen LogP contribution is -2.23. The van der Waals surface area contributed by atoms with Crippen LogP contribution in [0.15, 0.2) is 41.4 Å². The molecule has 8 nitrogen and oxygen atoms in total. The molecule has 0 spiro atoms. The van der Waals surface area contributed by atoms with Crippen molar-refractivity contribution in [2.75, 3.05) is 0 Å². The zero-order valence-corrected chi connectivity index (χ0v) is 13.1. The molecule has 0 aliphatic carbocycles. The number of aromatic nitrogens is 5. The van der Waals surface area contributed by atoms with Crippen LogP contribution < -0.4 is 5.32 Å². The van der Waals surface area contributed by atoms with Crippen molar-refractivity contribution >= 4 is 5.91 Å². The fourth-order valence-electron chi connectivity index (χ4n) is 1.98. The molecule has 1 N–H and O–H groups in total. The third kappa shape index (κ3) is 4.19. The van der Waals surface area contributed by atoms with Gasteiger partial charge in [0.2, 0.25) is 17.6 Å². The second-order valence-electron chi connectivity index (χ2n) is 5.17. The quantitative estimate of drug-likeness (QED) is 0.731. The number of nitrogens with zero attached hydrogens (tertiary/aromatic N) is 5. The molecule has 0 aromatic carbocycles. The van der Waals surface area contributed by atoms with Gasteiger partial charge in [-0.3, -0.25) is 19.7 Å². The van der Waals surface area contributed by atoms with Crippen LogP contribution in [0.2, 0.25) is 0 Å². The van der Waals surface area contributed by atoms with Crippen LogP contribution in [0.4, 0.5) is 0 Å². The van der Waals surface area contributed by atoms with Gasteiger partial charge in [-0.2, -0.15) is 4.98 Å². The highest BCUT2D eigenvalue weighted by Gasteiger charge is 2.10. The fraction of sp³-hybridized carbons (Fsp3) is 0.250. The van der Waals surface area contributed by atoms with E-state index in [4.69, 9.17) is 4.52 Å². The van der Waals surface area contributed by atoms with E-state index in [1.54, 1.807) is 36.9 Å². The normalized spacial score (nSPS) is 10.5. The highest BCUT2D eigenvalue weighted by atomic mass is 16.5. The average molecular weight is 324 g/mol. The van der Waals surface area contributed by atoms with Crippen LogP contribution in [-0.4, -0.2) is 31.0 Å². The Morgan fingerprint density at radius 3 is 2.79 bits per heavy atom. The lowest BCUT2D eigenvalue weighted by molar-refractivity contribution is -0.121. The maximum atomic E-state index is 11.9. The predicted octanol–water partition coefficient (Wildman–Crippen LogP) is 1.48. The van der Waals surface area contributed by atoms with Gasteiger partial charge in [-0.05, 0) is 19.1 Å². The molecule has 3 rings (SSSR count). The monoisotopic (exact) mass is 324 g/mol. The first kappa shape index (κ1) is 15.7. The Hall–Kier alpha value is -3.16. The molecule has 122 valence electrons. The SMILES string of the molecule is Cc1cnc(CNC(=O)CCc2nc(-c3ccncc3)no2)cn1. The van der Waals surface area contributed by atoms with Crippen molar-refractivity contribution in [1.29, 1.82) is 0 Å². The second kappa shape index (κ2) is 7.40. The molecule has 0 saturated carbocycles. The summed E-state index contributed by atoms with van der Waals surface area (Å²) in [6.07, 6.45) is 7.27. The van der Waals surface area contributed by atoms with Crippen LogP contribution in [-0.2, 0) is 17.8 Å². The van der Waals surface area contributed by atoms with Crippen molar-refractivity contribution in [2.45, 2.75) is 26.3 Å². The second-order valence-corrected chi connectivity index (χ2v) is 5.17. The van der Waals surface area contributed by atoms with Gasteiger partial charge < -0.3 is 9.84 Å². The van der Waals surface area contributed by atoms with Crippen molar-refractivity contribution in [3.8, 4) is 11.4 Å². The molecule has 3 aromatic heterocycles. The van der Waals surface area contributed by atoms with Crippen LogP contribution in [0.1, 0.15) is 23.7 Å². The number of amides is 1. The molecule has 0 atom stereocenters. The number of carbonyl (C=O) groups is 1. The summed E-state index contributed by atoms with van der Waals surface area (Å²) < 4.78 is 5.16. The van der Waals surface area contributed by atoms with Crippen LogP contribution >= 0.6 is 0 Å². The van der Waals surface area contributed by atoms with E-state index in [9.17, 15) is 4.79 Å². The summed E-state index contributed by atoms with van der Waals surface area (Å²) >= 11 is 0. The molecule has 0 bridgehead atoms. The Balaban J connectivity index is 1.48. The van der Waals surface area contributed by atoms with Crippen LogP contribution in [0, 0.1) is 6.92 Å². The molecule has 3 aromatic rings. The Morgan fingerprint density at radius 1 is 1.21 bits per heavy atom. The van der Waals surface area contributed by atoms with Gasteiger partial charge in [-0.1, -0.05) is 5.16 Å². The van der Waals surface area contributed by atoms with E-state index < -0.39 is 0 Å². The van der Waals surface area contributed by atoms with Crippen molar-refractivity contribution in [1.82, 2.24) is 30.4 Å². The number of rotatable bonds is 6. The van der Waals surface area contributed by atoms with E-state index in [2.05, 4.69) is 30.4 Å². The summed E-state index contributed by atoms with van der Waals surface area (Å²) in [4.78, 5) is 28.4. The highest BCUT2D eigenvalue weighted by molar-refractivity contribution is 5.75. The molecule has 3 heterocycles. The molecule has 8 heteroatoms. The number of nitrogens with one attached hydrogen (secondary N) is 1. The maximum absolute atomic E-state index is 11.9. The van der Waals surface area contributed by atoms with Gasteiger partial charge in [-0.25, -0.2) is 0 Å². The zero-order chi connectivity index (χ0) is 16.8. The Kier molecular flexibility index (Phi) is 4.85. The standard InChI is InChI=1S/C16H16N6O2/c1-11-8-19-13(9-18-11)10-20-14(23)2-3-15-21-16(22-24-15)12-4-6-17-7-5-12/h4-9H,2-3,10H2,1H3,(H,20,23). The molecular weight excluding hydrogens is 308 g/mol. The number of hydrogen-bond donors (Lipinski definition) is 1. The fourth-order valence-corrected chi connectivity index (χ4v) is 1.98. The van der Waals surface area contributed by atoms with Gasteiger partial charge >= 0.3 is 0 Å². The molecule has 0 aliphatic heterocycles. The first-order valence-corrected chi connectivity index (χ1v) is 7.48. The minimum absolute atomic E-state index is 0.110. The lowest BCUT2D eigenvalue weighted by atomic mass is 10.2. The van der Waals surface area contributed by atoms with Crippen molar-refractivity contribution in [2.24, 2.45) is 0 Å². The molecule has 0 unspecified atom stereocenters. The smallest absolute Gasteiger partial charge is 0.227 e. The van der Waals surface area contributed by atoms with E-state index in [0.29, 0.717) is 30.4 Å². The largest absolute Gasteiger partial charge is 0.350 e. The van der Waals surface area contributed by atoms with Gasteiger partial charge in [-0.15, -0.1) is 0 Å². The molecule has 0 aliphatic rings. The van der Waals surface area contributed by atoms with Gasteiger partial charge in [0, 0.05) is 37.0 Å². The summed E-state index contributed by atoms with van der Waals surface area (Å²) in [5.74, 6) is 0.802. The average Bonchev–Trinajstić information content (AvgIpc) is 3.09. The van der Waals surface area contributed by atoms with Gasteiger partial charge in [0.25, 0.3) is 0 Å². The molecule has 1 amide bonds. The third-order valence-corrected chi connectivity index (χ3v) is 3.27. The third-order valence-electron chi connectivity index (χ3n) is 3.27. The van der Waals surface area contributed by atoms with Crippen molar-refractivity contribution in [3.63, 3.8) is 0 Å². The van der Waals surface area contributed by atoms with E-state index in [-0.39, 0.29) is 12.3 Å². The Morgan fingerprint density at radius 2 is 2.04 bits per heavy atom. The minimum atomic E-state index is -0.110. The van der Waals surface area contributed by atoms with Crippen molar-refractivity contribution < 1.29 is 9.32 Å². The summed E-state index contributed by atoms with van der Waals surface area (Å²) in [6, 6.07) is 3.59. The van der Waals surface area contributed by atoms with E-state index in [1.165, 1.54) is 0 Å². The van der Waals surface area contributed by atoms with Crippen molar-refractivity contribution in [3.05, 3.63) is 54.2 Å². The Labute approximate surface area is 138 Å². The molecular formula is C16H16N6O2. The van der Waals surface area contributed by atoms with Crippen LogP contribution in [0.5, 0.6) is 0 Å². The Bertz CT molecular complexity index is 801. The number of pyridine rings is 1. The summed E-state index contributed by atoms with van der Waals surface area (Å²) in [5, 5.41) is 6.69. The van der Waals surface area contributed by atoms with Gasteiger partial charge in [0.15, 0.2) is 0 Å².